The van der Waals surface area contributed by atoms with Crippen LogP contribution in [-0.4, -0.2) is 14.8 Å². The monoisotopic (exact) mass is 262 g/mol. The molecule has 0 unspecified atom stereocenters. The number of nitrogens with zero attached hydrogens (tertiary/aromatic N) is 3. The number of aromatic nitrogens is 3. The summed E-state index contributed by atoms with van der Waals surface area (Å²) in [6.07, 6.45) is 2.36. The summed E-state index contributed by atoms with van der Waals surface area (Å²) in [6.45, 7) is 2.43. The summed E-state index contributed by atoms with van der Waals surface area (Å²) in [5.41, 5.74) is 7.81. The molecule has 0 radical (unpaired) electrons. The van der Waals surface area contributed by atoms with Crippen LogP contribution in [0.3, 0.4) is 0 Å². The highest BCUT2D eigenvalue weighted by Gasteiger charge is 2.29. The maximum Gasteiger partial charge on any atom is 0.164 e. The van der Waals surface area contributed by atoms with Gasteiger partial charge in [-0.2, -0.15) is 0 Å². The Labute approximate surface area is 111 Å². The highest BCUT2D eigenvalue weighted by atomic mass is 35.5. The van der Waals surface area contributed by atoms with E-state index in [0.29, 0.717) is 12.6 Å². The molecule has 1 fully saturated rings. The molecule has 2 N–H and O–H groups in total. The lowest BCUT2D eigenvalue weighted by atomic mass is 10.1. The fourth-order valence-electron chi connectivity index (χ4n) is 2.21. The number of benzene rings is 1. The Bertz CT molecular complexity index is 587. The average Bonchev–Trinajstić information content (AvgIpc) is 3.12. The van der Waals surface area contributed by atoms with Gasteiger partial charge in [0.15, 0.2) is 5.82 Å². The predicted octanol–water partition coefficient (Wildman–Crippen LogP) is 2.70. The lowest BCUT2D eigenvalue weighted by Crippen LogP contribution is -2.08. The van der Waals surface area contributed by atoms with Crippen LogP contribution >= 0.6 is 11.6 Å². The minimum atomic E-state index is 0.420. The van der Waals surface area contributed by atoms with Crippen LogP contribution in [0.25, 0.3) is 11.4 Å². The third-order valence-corrected chi connectivity index (χ3v) is 3.78. The van der Waals surface area contributed by atoms with E-state index in [0.717, 1.165) is 27.8 Å². The fraction of sp³-hybridized carbons (Fsp3) is 0.385. The molecule has 0 amide bonds. The van der Waals surface area contributed by atoms with E-state index in [1.807, 2.05) is 25.1 Å². The first-order valence-corrected chi connectivity index (χ1v) is 6.49. The fourth-order valence-corrected chi connectivity index (χ4v) is 2.39. The van der Waals surface area contributed by atoms with Gasteiger partial charge in [0, 0.05) is 16.6 Å². The summed E-state index contributed by atoms with van der Waals surface area (Å²) in [4.78, 5) is 0. The summed E-state index contributed by atoms with van der Waals surface area (Å²) < 4.78 is 2.17. The largest absolute Gasteiger partial charge is 0.324 e. The highest BCUT2D eigenvalue weighted by Crippen LogP contribution is 2.39. The van der Waals surface area contributed by atoms with Crippen molar-refractivity contribution < 1.29 is 0 Å². The van der Waals surface area contributed by atoms with Gasteiger partial charge in [0.25, 0.3) is 0 Å². The molecule has 0 bridgehead atoms. The minimum absolute atomic E-state index is 0.420. The van der Waals surface area contributed by atoms with E-state index < -0.39 is 0 Å². The zero-order chi connectivity index (χ0) is 12.7. The maximum atomic E-state index is 6.17. The van der Waals surface area contributed by atoms with Gasteiger partial charge in [0.05, 0.1) is 6.54 Å². The first-order chi connectivity index (χ1) is 8.72. The molecule has 1 aromatic heterocycles. The van der Waals surface area contributed by atoms with Gasteiger partial charge in [-0.15, -0.1) is 10.2 Å². The second-order valence-electron chi connectivity index (χ2n) is 4.66. The smallest absolute Gasteiger partial charge is 0.164 e. The zero-order valence-electron chi connectivity index (χ0n) is 10.2. The normalized spacial score (nSPS) is 15.1. The van der Waals surface area contributed by atoms with Crippen LogP contribution in [0.1, 0.15) is 30.3 Å². The van der Waals surface area contributed by atoms with E-state index in [9.17, 15) is 0 Å². The second-order valence-corrected chi connectivity index (χ2v) is 5.06. The molecule has 3 rings (SSSR count). The number of hydrogen-bond donors (Lipinski definition) is 1. The SMILES string of the molecule is Cc1c(Cl)cccc1-c1nnc(CN)n1C1CC1. The Morgan fingerprint density at radius 3 is 2.83 bits per heavy atom. The van der Waals surface area contributed by atoms with Crippen LogP contribution in [0.4, 0.5) is 0 Å². The van der Waals surface area contributed by atoms with Crippen molar-refractivity contribution in [2.45, 2.75) is 32.4 Å². The summed E-state index contributed by atoms with van der Waals surface area (Å²) in [5.74, 6) is 1.74. The Kier molecular flexibility index (Phi) is 2.84. The number of hydrogen-bond acceptors (Lipinski definition) is 3. The van der Waals surface area contributed by atoms with Crippen molar-refractivity contribution in [1.82, 2.24) is 14.8 Å². The van der Waals surface area contributed by atoms with Crippen molar-refractivity contribution in [3.63, 3.8) is 0 Å². The van der Waals surface area contributed by atoms with Gasteiger partial charge >= 0.3 is 0 Å². The van der Waals surface area contributed by atoms with Crippen molar-refractivity contribution in [3.8, 4) is 11.4 Å². The lowest BCUT2D eigenvalue weighted by Gasteiger charge is -2.10. The Hall–Kier alpha value is -1.39. The lowest BCUT2D eigenvalue weighted by molar-refractivity contribution is 0.687. The first kappa shape index (κ1) is 11.7. The number of halogens is 1. The molecule has 2 aromatic rings. The molecule has 1 saturated carbocycles. The third-order valence-electron chi connectivity index (χ3n) is 3.37. The van der Waals surface area contributed by atoms with E-state index in [4.69, 9.17) is 17.3 Å². The summed E-state index contributed by atoms with van der Waals surface area (Å²) in [5, 5.41) is 9.24. The van der Waals surface area contributed by atoms with Gasteiger partial charge in [-0.25, -0.2) is 0 Å². The summed E-state index contributed by atoms with van der Waals surface area (Å²) in [7, 11) is 0. The standard InChI is InChI=1S/C13H15ClN4/c1-8-10(3-2-4-11(8)14)13-17-16-12(7-15)18(13)9-5-6-9/h2-4,9H,5-7,15H2,1H3. The predicted molar refractivity (Wildman–Crippen MR) is 71.4 cm³/mol. The maximum absolute atomic E-state index is 6.17. The molecule has 0 aliphatic heterocycles. The van der Waals surface area contributed by atoms with Crippen LogP contribution in [-0.2, 0) is 6.54 Å². The van der Waals surface area contributed by atoms with E-state index >= 15 is 0 Å². The van der Waals surface area contributed by atoms with Crippen LogP contribution in [0, 0.1) is 6.92 Å². The Morgan fingerprint density at radius 2 is 2.17 bits per heavy atom. The van der Waals surface area contributed by atoms with E-state index in [1.54, 1.807) is 0 Å². The molecule has 0 atom stereocenters. The third kappa shape index (κ3) is 1.82. The molecule has 0 saturated heterocycles. The van der Waals surface area contributed by atoms with Gasteiger partial charge in [-0.1, -0.05) is 23.7 Å². The number of nitrogens with two attached hydrogens (primary N) is 1. The Balaban J connectivity index is 2.17. The summed E-state index contributed by atoms with van der Waals surface area (Å²) >= 11 is 6.17. The molecule has 4 nitrogen and oxygen atoms in total. The van der Waals surface area contributed by atoms with Crippen LogP contribution in [0.5, 0.6) is 0 Å². The van der Waals surface area contributed by atoms with Crippen molar-refractivity contribution >= 4 is 11.6 Å². The van der Waals surface area contributed by atoms with Crippen molar-refractivity contribution in [2.24, 2.45) is 5.73 Å². The number of rotatable bonds is 3. The van der Waals surface area contributed by atoms with Crippen molar-refractivity contribution in [2.75, 3.05) is 0 Å². The topological polar surface area (TPSA) is 56.7 Å². The molecule has 1 aliphatic carbocycles. The molecule has 0 spiro atoms. The highest BCUT2D eigenvalue weighted by molar-refractivity contribution is 6.31. The first-order valence-electron chi connectivity index (χ1n) is 6.11. The van der Waals surface area contributed by atoms with E-state index in [-0.39, 0.29) is 0 Å². The summed E-state index contributed by atoms with van der Waals surface area (Å²) in [6, 6.07) is 6.37. The van der Waals surface area contributed by atoms with Crippen molar-refractivity contribution in [3.05, 3.63) is 34.6 Å². The molecule has 5 heteroatoms. The molecule has 1 aliphatic rings. The van der Waals surface area contributed by atoms with Gasteiger partial charge in [-0.05, 0) is 31.4 Å². The van der Waals surface area contributed by atoms with Gasteiger partial charge in [-0.3, -0.25) is 0 Å². The van der Waals surface area contributed by atoms with Gasteiger partial charge < -0.3 is 10.3 Å². The van der Waals surface area contributed by atoms with E-state index in [2.05, 4.69) is 14.8 Å². The molecule has 1 heterocycles. The van der Waals surface area contributed by atoms with Crippen LogP contribution in [0.2, 0.25) is 5.02 Å². The van der Waals surface area contributed by atoms with Crippen molar-refractivity contribution in [1.29, 1.82) is 0 Å². The molecule has 94 valence electrons. The average molecular weight is 263 g/mol. The van der Waals surface area contributed by atoms with Gasteiger partial charge in [0.1, 0.15) is 5.82 Å². The van der Waals surface area contributed by atoms with Crippen LogP contribution < -0.4 is 5.73 Å². The zero-order valence-corrected chi connectivity index (χ0v) is 11.0. The van der Waals surface area contributed by atoms with E-state index in [1.165, 1.54) is 12.8 Å². The second kappa shape index (κ2) is 4.37. The quantitative estimate of drug-likeness (QED) is 0.925. The molecular formula is C13H15ClN4. The minimum Gasteiger partial charge on any atom is -0.324 e. The Morgan fingerprint density at radius 1 is 1.39 bits per heavy atom. The molecule has 18 heavy (non-hydrogen) atoms. The van der Waals surface area contributed by atoms with Crippen LogP contribution in [0.15, 0.2) is 18.2 Å². The van der Waals surface area contributed by atoms with Gasteiger partial charge in [0.2, 0.25) is 0 Å². The molecule has 1 aromatic carbocycles. The molecular weight excluding hydrogens is 248 g/mol.